The van der Waals surface area contributed by atoms with E-state index in [0.717, 1.165) is 29.9 Å². The molecule has 0 unspecified atom stereocenters. The number of aromatic nitrogens is 2. The first kappa shape index (κ1) is 15.2. The van der Waals surface area contributed by atoms with Gasteiger partial charge in [-0.05, 0) is 44.9 Å². The fraction of sp³-hybridized carbons (Fsp3) is 0.375. The van der Waals surface area contributed by atoms with Crippen LogP contribution in [0.2, 0.25) is 0 Å². The molecule has 1 aromatic heterocycles. The van der Waals surface area contributed by atoms with E-state index in [1.54, 1.807) is 19.1 Å². The molecule has 0 radical (unpaired) electrons. The number of nitrogens with one attached hydrogen (secondary N) is 1. The van der Waals surface area contributed by atoms with Crippen molar-refractivity contribution in [2.24, 2.45) is 0 Å². The molecule has 0 aliphatic heterocycles. The van der Waals surface area contributed by atoms with Crippen LogP contribution in [0.5, 0.6) is 11.6 Å². The van der Waals surface area contributed by atoms with Gasteiger partial charge in [0.05, 0.1) is 5.56 Å². The summed E-state index contributed by atoms with van der Waals surface area (Å²) in [5.41, 5.74) is 1.70. The summed E-state index contributed by atoms with van der Waals surface area (Å²) in [5.74, 6) is 1.47. The fourth-order valence-corrected chi connectivity index (χ4v) is 1.91. The Morgan fingerprint density at radius 2 is 1.95 bits per heavy atom. The highest BCUT2D eigenvalue weighted by molar-refractivity contribution is 5.49. The molecular weight excluding hydrogens is 269 g/mol. The summed E-state index contributed by atoms with van der Waals surface area (Å²) >= 11 is 0. The van der Waals surface area contributed by atoms with Crippen LogP contribution in [0, 0.1) is 26.6 Å². The largest absolute Gasteiger partial charge is 0.435 e. The quantitative estimate of drug-likeness (QED) is 0.898. The molecule has 21 heavy (non-hydrogen) atoms. The van der Waals surface area contributed by atoms with E-state index in [4.69, 9.17) is 4.74 Å². The molecule has 0 fully saturated rings. The van der Waals surface area contributed by atoms with Crippen LogP contribution in [0.3, 0.4) is 0 Å². The molecule has 2 rings (SSSR count). The smallest absolute Gasteiger partial charge is 0.227 e. The Morgan fingerprint density at radius 3 is 2.67 bits per heavy atom. The van der Waals surface area contributed by atoms with Gasteiger partial charge < -0.3 is 10.1 Å². The highest BCUT2D eigenvalue weighted by Gasteiger charge is 2.13. The van der Waals surface area contributed by atoms with Crippen LogP contribution < -0.4 is 10.1 Å². The molecule has 0 bridgehead atoms. The van der Waals surface area contributed by atoms with E-state index in [1.807, 2.05) is 13.8 Å². The van der Waals surface area contributed by atoms with E-state index in [0.29, 0.717) is 11.7 Å². The number of hydrogen-bond donors (Lipinski definition) is 1. The van der Waals surface area contributed by atoms with E-state index >= 15 is 0 Å². The normalized spacial score (nSPS) is 10.5. The molecule has 5 heteroatoms. The Bertz CT molecular complexity index is 644. The summed E-state index contributed by atoms with van der Waals surface area (Å²) in [4.78, 5) is 8.62. The van der Waals surface area contributed by atoms with Crippen LogP contribution in [-0.4, -0.2) is 16.5 Å². The Hall–Kier alpha value is -2.17. The number of aryl methyl sites for hydroxylation is 2. The van der Waals surface area contributed by atoms with Crippen LogP contribution in [0.15, 0.2) is 18.2 Å². The predicted octanol–water partition coefficient (Wildman–Crippen LogP) is 4.16. The molecule has 0 amide bonds. The van der Waals surface area contributed by atoms with Gasteiger partial charge >= 0.3 is 0 Å². The van der Waals surface area contributed by atoms with Gasteiger partial charge in [0.15, 0.2) is 11.6 Å². The molecule has 0 spiro atoms. The molecule has 4 nitrogen and oxygen atoms in total. The lowest BCUT2D eigenvalue weighted by molar-refractivity contribution is 0.422. The Kier molecular flexibility index (Phi) is 4.73. The van der Waals surface area contributed by atoms with Gasteiger partial charge in [0.25, 0.3) is 0 Å². The summed E-state index contributed by atoms with van der Waals surface area (Å²) in [5, 5.41) is 3.23. The van der Waals surface area contributed by atoms with E-state index in [9.17, 15) is 4.39 Å². The Balaban J connectivity index is 2.35. The SMILES string of the molecule is CCCNc1nc(C)nc(Oc2cc(C)ccc2F)c1C. The second kappa shape index (κ2) is 6.52. The molecule has 0 saturated heterocycles. The number of rotatable bonds is 5. The van der Waals surface area contributed by atoms with Gasteiger partial charge in [-0.15, -0.1) is 0 Å². The first-order valence-electron chi connectivity index (χ1n) is 7.04. The minimum atomic E-state index is -0.403. The number of nitrogens with zero attached hydrogens (tertiary/aromatic N) is 2. The van der Waals surface area contributed by atoms with Crippen molar-refractivity contribution in [3.05, 3.63) is 41.0 Å². The van der Waals surface area contributed by atoms with Gasteiger partial charge in [0.2, 0.25) is 5.88 Å². The van der Waals surface area contributed by atoms with E-state index in [-0.39, 0.29) is 5.75 Å². The first-order valence-corrected chi connectivity index (χ1v) is 7.04. The van der Waals surface area contributed by atoms with Gasteiger partial charge in [-0.1, -0.05) is 13.0 Å². The summed E-state index contributed by atoms with van der Waals surface area (Å²) < 4.78 is 19.5. The molecule has 112 valence electrons. The average molecular weight is 289 g/mol. The minimum Gasteiger partial charge on any atom is -0.435 e. The van der Waals surface area contributed by atoms with Gasteiger partial charge in [-0.25, -0.2) is 9.37 Å². The Labute approximate surface area is 124 Å². The van der Waals surface area contributed by atoms with Gasteiger partial charge in [-0.2, -0.15) is 4.98 Å². The molecule has 0 aliphatic carbocycles. The lowest BCUT2D eigenvalue weighted by Gasteiger charge is -2.13. The Morgan fingerprint density at radius 1 is 1.19 bits per heavy atom. The van der Waals surface area contributed by atoms with Gasteiger partial charge in [0.1, 0.15) is 11.6 Å². The van der Waals surface area contributed by atoms with Gasteiger partial charge in [-0.3, -0.25) is 0 Å². The number of hydrogen-bond acceptors (Lipinski definition) is 4. The molecule has 2 aromatic rings. The van der Waals surface area contributed by atoms with Crippen molar-refractivity contribution in [2.75, 3.05) is 11.9 Å². The molecule has 1 heterocycles. The monoisotopic (exact) mass is 289 g/mol. The first-order chi connectivity index (χ1) is 10.0. The molecule has 1 aromatic carbocycles. The number of ether oxygens (including phenoxy) is 1. The maximum Gasteiger partial charge on any atom is 0.227 e. The zero-order valence-electron chi connectivity index (χ0n) is 12.8. The third-order valence-electron chi connectivity index (χ3n) is 3.05. The second-order valence-corrected chi connectivity index (χ2v) is 5.01. The minimum absolute atomic E-state index is 0.178. The molecule has 0 aliphatic rings. The highest BCUT2D eigenvalue weighted by Crippen LogP contribution is 2.29. The van der Waals surface area contributed by atoms with Crippen molar-refractivity contribution in [3.63, 3.8) is 0 Å². The topological polar surface area (TPSA) is 47.0 Å². The van der Waals surface area contributed by atoms with Crippen molar-refractivity contribution >= 4 is 5.82 Å². The van der Waals surface area contributed by atoms with Crippen molar-refractivity contribution in [2.45, 2.75) is 34.1 Å². The zero-order valence-corrected chi connectivity index (χ0v) is 12.8. The summed E-state index contributed by atoms with van der Waals surface area (Å²) in [6.45, 7) is 8.43. The second-order valence-electron chi connectivity index (χ2n) is 5.01. The fourth-order valence-electron chi connectivity index (χ4n) is 1.91. The standard InChI is InChI=1S/C16H20FN3O/c1-5-8-18-15-11(3)16(20-12(4)19-15)21-14-9-10(2)6-7-13(14)17/h6-7,9H,5,8H2,1-4H3,(H,18,19,20). The summed E-state index contributed by atoms with van der Waals surface area (Å²) in [6.07, 6.45) is 0.991. The average Bonchev–Trinajstić information content (AvgIpc) is 2.44. The van der Waals surface area contributed by atoms with Crippen molar-refractivity contribution in [1.29, 1.82) is 0 Å². The molecule has 1 N–H and O–H groups in total. The number of anilines is 1. The van der Waals surface area contributed by atoms with Crippen LogP contribution >= 0.6 is 0 Å². The van der Waals surface area contributed by atoms with Crippen LogP contribution in [0.25, 0.3) is 0 Å². The third kappa shape index (κ3) is 3.68. The third-order valence-corrected chi connectivity index (χ3v) is 3.05. The summed E-state index contributed by atoms with van der Waals surface area (Å²) in [6, 6.07) is 4.75. The van der Waals surface area contributed by atoms with Crippen LogP contribution in [-0.2, 0) is 0 Å². The van der Waals surface area contributed by atoms with Crippen molar-refractivity contribution < 1.29 is 9.13 Å². The van der Waals surface area contributed by atoms with E-state index in [2.05, 4.69) is 22.2 Å². The number of halogens is 1. The van der Waals surface area contributed by atoms with Gasteiger partial charge in [0, 0.05) is 6.54 Å². The van der Waals surface area contributed by atoms with Crippen molar-refractivity contribution in [1.82, 2.24) is 9.97 Å². The highest BCUT2D eigenvalue weighted by atomic mass is 19.1. The molecule has 0 saturated carbocycles. The van der Waals surface area contributed by atoms with E-state index < -0.39 is 5.82 Å². The maximum atomic E-state index is 13.8. The lowest BCUT2D eigenvalue weighted by atomic mass is 10.2. The van der Waals surface area contributed by atoms with Crippen LogP contribution in [0.1, 0.15) is 30.3 Å². The van der Waals surface area contributed by atoms with Crippen molar-refractivity contribution in [3.8, 4) is 11.6 Å². The summed E-state index contributed by atoms with van der Waals surface area (Å²) in [7, 11) is 0. The number of benzene rings is 1. The zero-order chi connectivity index (χ0) is 15.4. The van der Waals surface area contributed by atoms with Crippen LogP contribution in [0.4, 0.5) is 10.2 Å². The molecular formula is C16H20FN3O. The molecule has 0 atom stereocenters. The predicted molar refractivity (Wildman–Crippen MR) is 81.5 cm³/mol. The lowest BCUT2D eigenvalue weighted by Crippen LogP contribution is -2.07. The maximum absolute atomic E-state index is 13.8. The van der Waals surface area contributed by atoms with E-state index in [1.165, 1.54) is 6.07 Å².